The summed E-state index contributed by atoms with van der Waals surface area (Å²) in [6, 6.07) is 13.9. The van der Waals surface area contributed by atoms with Gasteiger partial charge >= 0.3 is 0 Å². The topological polar surface area (TPSA) is 68.0 Å². The molecular formula is C19H14FN3OS. The lowest BCUT2D eigenvalue weighted by atomic mass is 10.1. The zero-order valence-electron chi connectivity index (χ0n) is 13.3. The van der Waals surface area contributed by atoms with Crippen LogP contribution in [0.25, 0.3) is 21.1 Å². The predicted octanol–water partition coefficient (Wildman–Crippen LogP) is 4.73. The van der Waals surface area contributed by atoms with Gasteiger partial charge in [0.25, 0.3) is 5.91 Å². The van der Waals surface area contributed by atoms with Crippen molar-refractivity contribution in [3.05, 3.63) is 64.8 Å². The molecule has 0 fully saturated rings. The number of aromatic nitrogens is 1. The van der Waals surface area contributed by atoms with Crippen LogP contribution < -0.4 is 11.1 Å². The number of benzene rings is 2. The van der Waals surface area contributed by atoms with E-state index in [-0.39, 0.29) is 5.69 Å². The quantitative estimate of drug-likeness (QED) is 0.548. The number of amides is 1. The maximum absolute atomic E-state index is 13.7. The molecule has 0 aliphatic rings. The van der Waals surface area contributed by atoms with Gasteiger partial charge in [0.15, 0.2) is 0 Å². The Morgan fingerprint density at radius 3 is 2.80 bits per heavy atom. The molecule has 0 unspecified atom stereocenters. The third-order valence-corrected chi connectivity index (χ3v) is 5.19. The van der Waals surface area contributed by atoms with Crippen molar-refractivity contribution in [1.82, 2.24) is 4.98 Å². The average Bonchev–Trinajstić information content (AvgIpc) is 2.92. The maximum atomic E-state index is 13.7. The number of fused-ring (bicyclic) bond motifs is 2. The monoisotopic (exact) mass is 351 g/mol. The van der Waals surface area contributed by atoms with Crippen molar-refractivity contribution in [2.45, 2.75) is 6.92 Å². The fourth-order valence-corrected chi connectivity index (χ4v) is 3.76. The second kappa shape index (κ2) is 5.82. The number of nitrogens with one attached hydrogen (secondary N) is 1. The third kappa shape index (κ3) is 2.60. The molecule has 0 spiro atoms. The molecular weight excluding hydrogens is 337 g/mol. The van der Waals surface area contributed by atoms with Crippen molar-refractivity contribution >= 4 is 49.7 Å². The molecule has 0 saturated heterocycles. The van der Waals surface area contributed by atoms with Gasteiger partial charge in [-0.1, -0.05) is 30.3 Å². The van der Waals surface area contributed by atoms with Gasteiger partial charge in [-0.25, -0.2) is 9.37 Å². The summed E-state index contributed by atoms with van der Waals surface area (Å²) >= 11 is 1.21. The second-order valence-electron chi connectivity index (χ2n) is 5.77. The number of carbonyl (C=O) groups excluding carboxylic acids is 1. The van der Waals surface area contributed by atoms with Gasteiger partial charge in [-0.2, -0.15) is 0 Å². The summed E-state index contributed by atoms with van der Waals surface area (Å²) in [7, 11) is 0. The molecule has 0 aliphatic heterocycles. The zero-order chi connectivity index (χ0) is 17.6. The van der Waals surface area contributed by atoms with E-state index in [4.69, 9.17) is 5.73 Å². The third-order valence-electron chi connectivity index (χ3n) is 4.07. The number of hydrogen-bond acceptors (Lipinski definition) is 4. The summed E-state index contributed by atoms with van der Waals surface area (Å²) in [6.07, 6.45) is 0. The molecule has 2 heterocycles. The van der Waals surface area contributed by atoms with Gasteiger partial charge in [0.2, 0.25) is 0 Å². The van der Waals surface area contributed by atoms with Crippen LogP contribution >= 0.6 is 11.3 Å². The van der Waals surface area contributed by atoms with Gasteiger partial charge in [-0.3, -0.25) is 4.79 Å². The standard InChI is InChI=1S/C19H14FN3OS/c1-10-5-4-6-11-9-12-15(21)17(25-19(12)23-16(10)11)18(24)22-14-8-3-2-7-13(14)20/h2-9H,21H2,1H3,(H,22,24). The number of nitrogens with zero attached hydrogens (tertiary/aromatic N) is 1. The second-order valence-corrected chi connectivity index (χ2v) is 6.77. The number of rotatable bonds is 2. The zero-order valence-corrected chi connectivity index (χ0v) is 14.2. The molecule has 0 saturated carbocycles. The normalized spacial score (nSPS) is 11.1. The highest BCUT2D eigenvalue weighted by atomic mass is 32.1. The molecule has 4 nitrogen and oxygen atoms in total. The summed E-state index contributed by atoms with van der Waals surface area (Å²) < 4.78 is 13.7. The number of thiophene rings is 1. The van der Waals surface area contributed by atoms with E-state index in [1.54, 1.807) is 12.1 Å². The Morgan fingerprint density at radius 1 is 1.20 bits per heavy atom. The molecule has 6 heteroatoms. The summed E-state index contributed by atoms with van der Waals surface area (Å²) in [5.41, 5.74) is 8.61. The number of anilines is 2. The molecule has 25 heavy (non-hydrogen) atoms. The van der Waals surface area contributed by atoms with Crippen LogP contribution in [0.5, 0.6) is 0 Å². The number of pyridine rings is 1. The Labute approximate surface area is 147 Å². The minimum Gasteiger partial charge on any atom is -0.397 e. The van der Waals surface area contributed by atoms with E-state index in [9.17, 15) is 9.18 Å². The van der Waals surface area contributed by atoms with E-state index in [1.165, 1.54) is 23.5 Å². The van der Waals surface area contributed by atoms with E-state index in [1.807, 2.05) is 31.2 Å². The molecule has 0 bridgehead atoms. The average molecular weight is 351 g/mol. The Bertz CT molecular complexity index is 1140. The number of para-hydroxylation sites is 2. The highest BCUT2D eigenvalue weighted by Crippen LogP contribution is 2.35. The molecule has 2 aromatic heterocycles. The molecule has 2 aromatic carbocycles. The summed E-state index contributed by atoms with van der Waals surface area (Å²) in [4.78, 5) is 18.2. The summed E-state index contributed by atoms with van der Waals surface area (Å²) in [5.74, 6) is -0.929. The van der Waals surface area contributed by atoms with Crippen molar-refractivity contribution < 1.29 is 9.18 Å². The minimum absolute atomic E-state index is 0.123. The lowest BCUT2D eigenvalue weighted by Gasteiger charge is -2.05. The molecule has 0 aliphatic carbocycles. The maximum Gasteiger partial charge on any atom is 0.268 e. The Balaban J connectivity index is 1.81. The Morgan fingerprint density at radius 2 is 2.00 bits per heavy atom. The Kier molecular flexibility index (Phi) is 3.62. The van der Waals surface area contributed by atoms with Gasteiger partial charge < -0.3 is 11.1 Å². The van der Waals surface area contributed by atoms with Crippen molar-refractivity contribution in [2.75, 3.05) is 11.1 Å². The SMILES string of the molecule is Cc1cccc2cc3c(N)c(C(=O)Nc4ccccc4F)sc3nc12. The van der Waals surface area contributed by atoms with Crippen LogP contribution in [0.1, 0.15) is 15.2 Å². The first-order valence-corrected chi connectivity index (χ1v) is 8.50. The van der Waals surface area contributed by atoms with Gasteiger partial charge in [0, 0.05) is 10.8 Å². The number of nitrogens with two attached hydrogens (primary N) is 1. The van der Waals surface area contributed by atoms with Crippen LogP contribution in [0.15, 0.2) is 48.5 Å². The fourth-order valence-electron chi connectivity index (χ4n) is 2.78. The van der Waals surface area contributed by atoms with E-state index < -0.39 is 11.7 Å². The van der Waals surface area contributed by atoms with Crippen LogP contribution in [0.4, 0.5) is 15.8 Å². The molecule has 3 N–H and O–H groups in total. The van der Waals surface area contributed by atoms with Gasteiger partial charge in [-0.15, -0.1) is 11.3 Å². The molecule has 4 rings (SSSR count). The molecule has 124 valence electrons. The number of nitrogen functional groups attached to an aromatic ring is 1. The lowest BCUT2D eigenvalue weighted by molar-refractivity contribution is 0.103. The molecule has 0 atom stereocenters. The van der Waals surface area contributed by atoms with Crippen LogP contribution in [0.3, 0.4) is 0 Å². The fraction of sp³-hybridized carbons (Fsp3) is 0.0526. The number of aryl methyl sites for hydroxylation is 1. The van der Waals surface area contributed by atoms with E-state index in [0.717, 1.165) is 21.9 Å². The minimum atomic E-state index is -0.491. The number of carbonyl (C=O) groups is 1. The highest BCUT2D eigenvalue weighted by Gasteiger charge is 2.19. The lowest BCUT2D eigenvalue weighted by Crippen LogP contribution is -2.12. The summed E-state index contributed by atoms with van der Waals surface area (Å²) in [6.45, 7) is 1.99. The van der Waals surface area contributed by atoms with Crippen molar-refractivity contribution in [2.24, 2.45) is 0 Å². The largest absolute Gasteiger partial charge is 0.397 e. The summed E-state index contributed by atoms with van der Waals surface area (Å²) in [5, 5.41) is 4.28. The first kappa shape index (κ1) is 15.5. The first-order valence-electron chi connectivity index (χ1n) is 7.69. The van der Waals surface area contributed by atoms with Gasteiger partial charge in [0.1, 0.15) is 15.5 Å². The van der Waals surface area contributed by atoms with Crippen LogP contribution in [-0.2, 0) is 0 Å². The van der Waals surface area contributed by atoms with E-state index >= 15 is 0 Å². The van der Waals surface area contributed by atoms with E-state index in [0.29, 0.717) is 15.4 Å². The molecule has 1 amide bonds. The smallest absolute Gasteiger partial charge is 0.268 e. The van der Waals surface area contributed by atoms with Crippen LogP contribution in [0, 0.1) is 12.7 Å². The van der Waals surface area contributed by atoms with Crippen molar-refractivity contribution in [3.8, 4) is 0 Å². The van der Waals surface area contributed by atoms with Crippen LogP contribution in [0.2, 0.25) is 0 Å². The van der Waals surface area contributed by atoms with Crippen molar-refractivity contribution in [1.29, 1.82) is 0 Å². The van der Waals surface area contributed by atoms with E-state index in [2.05, 4.69) is 10.3 Å². The van der Waals surface area contributed by atoms with Crippen LogP contribution in [-0.4, -0.2) is 10.9 Å². The number of hydrogen-bond donors (Lipinski definition) is 2. The van der Waals surface area contributed by atoms with Gasteiger partial charge in [-0.05, 0) is 30.7 Å². The first-order chi connectivity index (χ1) is 12.0. The number of halogens is 1. The predicted molar refractivity (Wildman–Crippen MR) is 101 cm³/mol. The van der Waals surface area contributed by atoms with Gasteiger partial charge in [0.05, 0.1) is 16.9 Å². The Hall–Kier alpha value is -2.99. The molecule has 4 aromatic rings. The molecule has 0 radical (unpaired) electrons. The highest BCUT2D eigenvalue weighted by molar-refractivity contribution is 7.21. The van der Waals surface area contributed by atoms with Crippen molar-refractivity contribution in [3.63, 3.8) is 0 Å².